The molecule has 1 N–H and O–H groups in total. The molecule has 1 saturated heterocycles. The second-order valence-electron chi connectivity index (χ2n) is 7.41. The number of carbonyl (C=O) groups is 3. The fourth-order valence-electron chi connectivity index (χ4n) is 3.26. The van der Waals surface area contributed by atoms with E-state index in [2.05, 4.69) is 15.5 Å². The monoisotopic (exact) mass is 497 g/mol. The Kier molecular flexibility index (Phi) is 7.53. The quantitative estimate of drug-likeness (QED) is 0.351. The van der Waals surface area contributed by atoms with Gasteiger partial charge in [0.25, 0.3) is 11.1 Å². The Hall–Kier alpha value is -3.31. The van der Waals surface area contributed by atoms with E-state index in [1.807, 2.05) is 42.7 Å². The van der Waals surface area contributed by atoms with Crippen LogP contribution in [-0.4, -0.2) is 55.6 Å². The summed E-state index contributed by atoms with van der Waals surface area (Å²) in [5.74, 6) is 0.775. The van der Waals surface area contributed by atoms with Crippen molar-refractivity contribution in [3.05, 3.63) is 58.7 Å². The molecule has 2 aromatic heterocycles. The normalized spacial score (nSPS) is 14.9. The number of carbonyl (C=O) groups excluding carboxylic acids is 3. The van der Waals surface area contributed by atoms with E-state index < -0.39 is 0 Å². The van der Waals surface area contributed by atoms with Gasteiger partial charge in [0.15, 0.2) is 16.7 Å². The van der Waals surface area contributed by atoms with Gasteiger partial charge in [0.2, 0.25) is 5.91 Å². The van der Waals surface area contributed by atoms with Gasteiger partial charge in [-0.2, -0.15) is 0 Å². The first-order chi connectivity index (χ1) is 16.5. The molecule has 1 aliphatic heterocycles. The number of hydrogen-bond acceptors (Lipinski definition) is 8. The molecule has 0 aliphatic carbocycles. The Bertz CT molecular complexity index is 1220. The third kappa shape index (κ3) is 5.42. The number of nitrogens with zero attached hydrogens (tertiary/aromatic N) is 4. The van der Waals surface area contributed by atoms with Crippen molar-refractivity contribution in [3.63, 3.8) is 0 Å². The highest BCUT2D eigenvalue weighted by Crippen LogP contribution is 2.32. The summed E-state index contributed by atoms with van der Waals surface area (Å²) in [5.41, 5.74) is 1.98. The number of benzene rings is 1. The first kappa shape index (κ1) is 23.8. The largest absolute Gasteiger partial charge is 0.461 e. The summed E-state index contributed by atoms with van der Waals surface area (Å²) < 4.78 is 7.26. The van der Waals surface area contributed by atoms with E-state index in [0.717, 1.165) is 27.8 Å². The lowest BCUT2D eigenvalue weighted by Gasteiger charge is -2.13. The molecule has 3 amide bonds. The minimum absolute atomic E-state index is 0.111. The molecule has 0 spiro atoms. The van der Waals surface area contributed by atoms with Crippen LogP contribution in [0.25, 0.3) is 17.7 Å². The number of rotatable bonds is 9. The molecule has 0 atom stereocenters. The summed E-state index contributed by atoms with van der Waals surface area (Å²) in [4.78, 5) is 38.7. The molecule has 1 aromatic carbocycles. The number of furan rings is 1. The van der Waals surface area contributed by atoms with E-state index >= 15 is 0 Å². The van der Waals surface area contributed by atoms with Crippen molar-refractivity contribution in [2.75, 3.05) is 18.8 Å². The Morgan fingerprint density at radius 3 is 2.71 bits per heavy atom. The Morgan fingerprint density at radius 1 is 1.21 bits per heavy atom. The maximum absolute atomic E-state index is 12.6. The zero-order valence-electron chi connectivity index (χ0n) is 18.7. The maximum Gasteiger partial charge on any atom is 0.293 e. The number of nitrogens with one attached hydrogen (secondary N) is 1. The SMILES string of the molecule is CCn1c(SCC(=O)NCCN2C(=O)S/C(=C\c3ccc(C)cc3)C2=O)nnc1-c1ccco1. The van der Waals surface area contributed by atoms with E-state index in [9.17, 15) is 14.4 Å². The van der Waals surface area contributed by atoms with Crippen molar-refractivity contribution in [3.8, 4) is 11.6 Å². The van der Waals surface area contributed by atoms with Crippen LogP contribution in [0, 0.1) is 6.92 Å². The van der Waals surface area contributed by atoms with Gasteiger partial charge < -0.3 is 9.73 Å². The second-order valence-corrected chi connectivity index (χ2v) is 9.35. The van der Waals surface area contributed by atoms with Gasteiger partial charge in [0.1, 0.15) is 0 Å². The van der Waals surface area contributed by atoms with Gasteiger partial charge in [-0.05, 0) is 49.4 Å². The average Bonchev–Trinajstić information content (AvgIpc) is 3.55. The number of thioether (sulfide) groups is 2. The molecular weight excluding hydrogens is 474 g/mol. The van der Waals surface area contributed by atoms with Crippen molar-refractivity contribution < 1.29 is 18.8 Å². The topological polar surface area (TPSA) is 110 Å². The number of amides is 3. The maximum atomic E-state index is 12.6. The highest BCUT2D eigenvalue weighted by Gasteiger charge is 2.34. The molecule has 34 heavy (non-hydrogen) atoms. The predicted molar refractivity (Wildman–Crippen MR) is 131 cm³/mol. The van der Waals surface area contributed by atoms with Crippen molar-refractivity contribution in [2.24, 2.45) is 0 Å². The predicted octanol–water partition coefficient (Wildman–Crippen LogP) is 3.81. The third-order valence-electron chi connectivity index (χ3n) is 5.01. The van der Waals surface area contributed by atoms with Crippen LogP contribution in [-0.2, 0) is 16.1 Å². The van der Waals surface area contributed by atoms with Crippen LogP contribution in [0.2, 0.25) is 0 Å². The van der Waals surface area contributed by atoms with Crippen LogP contribution in [0.15, 0.2) is 57.1 Å². The fraction of sp³-hybridized carbons (Fsp3) is 0.261. The van der Waals surface area contributed by atoms with Gasteiger partial charge in [0.05, 0.1) is 16.9 Å². The van der Waals surface area contributed by atoms with Gasteiger partial charge in [-0.25, -0.2) is 0 Å². The van der Waals surface area contributed by atoms with Crippen molar-refractivity contribution >= 4 is 46.7 Å². The summed E-state index contributed by atoms with van der Waals surface area (Å²) in [7, 11) is 0. The van der Waals surface area contributed by atoms with Gasteiger partial charge in [0, 0.05) is 19.6 Å². The number of aromatic nitrogens is 3. The smallest absolute Gasteiger partial charge is 0.293 e. The molecule has 0 unspecified atom stereocenters. The summed E-state index contributed by atoms with van der Waals surface area (Å²) in [6.07, 6.45) is 3.28. The molecule has 1 aliphatic rings. The molecule has 9 nitrogen and oxygen atoms in total. The zero-order chi connectivity index (χ0) is 24.1. The Balaban J connectivity index is 1.27. The summed E-state index contributed by atoms with van der Waals surface area (Å²) in [6, 6.07) is 11.3. The average molecular weight is 498 g/mol. The Morgan fingerprint density at radius 2 is 2.00 bits per heavy atom. The lowest BCUT2D eigenvalue weighted by Crippen LogP contribution is -2.37. The minimum Gasteiger partial charge on any atom is -0.461 e. The van der Waals surface area contributed by atoms with Crippen LogP contribution in [0.3, 0.4) is 0 Å². The second kappa shape index (κ2) is 10.7. The number of imide groups is 1. The van der Waals surface area contributed by atoms with E-state index in [1.54, 1.807) is 24.5 Å². The molecule has 11 heteroatoms. The summed E-state index contributed by atoms with van der Waals surface area (Å²) >= 11 is 2.17. The molecular formula is C23H23N5O4S2. The summed E-state index contributed by atoms with van der Waals surface area (Å²) in [5, 5.41) is 11.3. The van der Waals surface area contributed by atoms with Crippen LogP contribution >= 0.6 is 23.5 Å². The van der Waals surface area contributed by atoms with Crippen LogP contribution in [0.4, 0.5) is 4.79 Å². The third-order valence-corrected chi connectivity index (χ3v) is 6.89. The van der Waals surface area contributed by atoms with Gasteiger partial charge in [-0.1, -0.05) is 41.6 Å². The highest BCUT2D eigenvalue weighted by atomic mass is 32.2. The van der Waals surface area contributed by atoms with Gasteiger partial charge >= 0.3 is 0 Å². The van der Waals surface area contributed by atoms with Gasteiger partial charge in [-0.3, -0.25) is 23.9 Å². The minimum atomic E-state index is -0.347. The van der Waals surface area contributed by atoms with E-state index in [4.69, 9.17) is 4.42 Å². The highest BCUT2D eigenvalue weighted by molar-refractivity contribution is 8.18. The first-order valence-electron chi connectivity index (χ1n) is 10.6. The van der Waals surface area contributed by atoms with E-state index in [-0.39, 0.29) is 35.9 Å². The number of aryl methyl sites for hydroxylation is 1. The molecule has 0 saturated carbocycles. The molecule has 0 bridgehead atoms. The lowest BCUT2D eigenvalue weighted by molar-refractivity contribution is -0.123. The van der Waals surface area contributed by atoms with Crippen molar-refractivity contribution in [1.82, 2.24) is 25.0 Å². The molecule has 3 aromatic rings. The van der Waals surface area contributed by atoms with Crippen molar-refractivity contribution in [1.29, 1.82) is 0 Å². The standard InChI is InChI=1S/C23H23N5O4S2/c1-3-27-20(17-5-4-12-32-17)25-26-22(27)33-14-19(29)24-10-11-28-21(30)18(34-23(28)31)13-16-8-6-15(2)7-9-16/h4-9,12-13H,3,10-11,14H2,1-2H3,(H,24,29)/b18-13-. The van der Waals surface area contributed by atoms with Crippen molar-refractivity contribution in [2.45, 2.75) is 25.5 Å². The lowest BCUT2D eigenvalue weighted by atomic mass is 10.1. The molecule has 3 heterocycles. The molecule has 176 valence electrons. The van der Waals surface area contributed by atoms with E-state index in [1.165, 1.54) is 11.8 Å². The van der Waals surface area contributed by atoms with Crippen LogP contribution in [0.1, 0.15) is 18.1 Å². The van der Waals surface area contributed by atoms with Crippen LogP contribution in [0.5, 0.6) is 0 Å². The Labute approximate surface area is 205 Å². The number of hydrogen-bond donors (Lipinski definition) is 1. The molecule has 0 radical (unpaired) electrons. The van der Waals surface area contributed by atoms with Gasteiger partial charge in [-0.15, -0.1) is 10.2 Å². The summed E-state index contributed by atoms with van der Waals surface area (Å²) in [6.45, 7) is 4.86. The van der Waals surface area contributed by atoms with Crippen LogP contribution < -0.4 is 5.32 Å². The molecule has 1 fully saturated rings. The molecule has 4 rings (SSSR count). The fourth-order valence-corrected chi connectivity index (χ4v) is 4.96. The first-order valence-corrected chi connectivity index (χ1v) is 12.4. The van der Waals surface area contributed by atoms with E-state index in [0.29, 0.717) is 28.2 Å². The zero-order valence-corrected chi connectivity index (χ0v) is 20.3.